The van der Waals surface area contributed by atoms with E-state index in [0.29, 0.717) is 45.9 Å². The largest absolute Gasteiger partial charge is 0.383 e. The predicted octanol–water partition coefficient (Wildman–Crippen LogP) is -1.12. The van der Waals surface area contributed by atoms with E-state index in [1.54, 1.807) is 12.0 Å². The van der Waals surface area contributed by atoms with Crippen LogP contribution in [0, 0.1) is 5.92 Å². The van der Waals surface area contributed by atoms with Crippen molar-refractivity contribution in [3.8, 4) is 0 Å². The fraction of sp³-hybridized carbons (Fsp3) is 0.857. The Hall–Kier alpha value is -1.18. The number of hydrogen-bond acceptors (Lipinski definition) is 5. The molecular weight excluding hydrogens is 272 g/mol. The summed E-state index contributed by atoms with van der Waals surface area (Å²) in [5, 5.41) is 2.79. The number of hydrogen-bond donors (Lipinski definition) is 2. The fourth-order valence-corrected chi connectivity index (χ4v) is 2.17. The minimum Gasteiger partial charge on any atom is -0.383 e. The molecule has 21 heavy (non-hydrogen) atoms. The van der Waals surface area contributed by atoms with E-state index in [1.807, 2.05) is 18.7 Å². The molecular formula is C14H28N4O3. The van der Waals surface area contributed by atoms with Gasteiger partial charge >= 0.3 is 0 Å². The third kappa shape index (κ3) is 5.99. The van der Waals surface area contributed by atoms with Crippen molar-refractivity contribution < 1.29 is 14.3 Å². The average Bonchev–Trinajstić information content (AvgIpc) is 2.46. The summed E-state index contributed by atoms with van der Waals surface area (Å²) in [5.41, 5.74) is 5.89. The van der Waals surface area contributed by atoms with Crippen molar-refractivity contribution in [3.05, 3.63) is 0 Å². The van der Waals surface area contributed by atoms with Gasteiger partial charge in [-0.15, -0.1) is 0 Å². The molecule has 1 aliphatic rings. The molecule has 0 spiro atoms. The minimum absolute atomic E-state index is 0.00851. The minimum atomic E-state index is -0.436. The Kier molecular flexibility index (Phi) is 7.63. The van der Waals surface area contributed by atoms with E-state index in [1.165, 1.54) is 0 Å². The number of rotatable bonds is 7. The van der Waals surface area contributed by atoms with Gasteiger partial charge in [-0.05, 0) is 5.92 Å². The van der Waals surface area contributed by atoms with Crippen LogP contribution in [0.25, 0.3) is 0 Å². The second kappa shape index (κ2) is 8.96. The van der Waals surface area contributed by atoms with E-state index in [4.69, 9.17) is 10.5 Å². The Balaban J connectivity index is 2.29. The SMILES string of the molecule is COCCNC(=O)CN1CCN(C(=O)[C@@H](N)C(C)C)CC1. The number of amides is 2. The van der Waals surface area contributed by atoms with E-state index >= 15 is 0 Å². The first kappa shape index (κ1) is 17.9. The molecule has 0 aromatic rings. The van der Waals surface area contributed by atoms with Crippen molar-refractivity contribution in [2.45, 2.75) is 19.9 Å². The Morgan fingerprint density at radius 2 is 1.86 bits per heavy atom. The summed E-state index contributed by atoms with van der Waals surface area (Å²) in [4.78, 5) is 27.7. The number of methoxy groups -OCH3 is 1. The summed E-state index contributed by atoms with van der Waals surface area (Å²) in [6, 6.07) is -0.436. The van der Waals surface area contributed by atoms with Gasteiger partial charge in [-0.25, -0.2) is 0 Å². The van der Waals surface area contributed by atoms with Crippen molar-refractivity contribution in [3.63, 3.8) is 0 Å². The quantitative estimate of drug-likeness (QED) is 0.581. The summed E-state index contributed by atoms with van der Waals surface area (Å²) in [5.74, 6) is 0.141. The summed E-state index contributed by atoms with van der Waals surface area (Å²) >= 11 is 0. The van der Waals surface area contributed by atoms with E-state index in [0.717, 1.165) is 0 Å². The van der Waals surface area contributed by atoms with Crippen molar-refractivity contribution >= 4 is 11.8 Å². The molecule has 7 heteroatoms. The summed E-state index contributed by atoms with van der Waals surface area (Å²) in [7, 11) is 1.60. The zero-order chi connectivity index (χ0) is 15.8. The maximum absolute atomic E-state index is 12.1. The molecule has 0 aliphatic carbocycles. The lowest BCUT2D eigenvalue weighted by atomic mass is 10.0. The highest BCUT2D eigenvalue weighted by atomic mass is 16.5. The van der Waals surface area contributed by atoms with Crippen LogP contribution in [0.1, 0.15) is 13.8 Å². The number of carbonyl (C=O) groups is 2. The first-order valence-corrected chi connectivity index (χ1v) is 7.48. The van der Waals surface area contributed by atoms with Gasteiger partial charge in [0, 0.05) is 39.8 Å². The summed E-state index contributed by atoms with van der Waals surface area (Å²) in [6.07, 6.45) is 0. The van der Waals surface area contributed by atoms with Crippen LogP contribution in [0.3, 0.4) is 0 Å². The third-order valence-electron chi connectivity index (χ3n) is 3.68. The maximum Gasteiger partial charge on any atom is 0.239 e. The first-order chi connectivity index (χ1) is 9.95. The van der Waals surface area contributed by atoms with Gasteiger partial charge in [-0.3, -0.25) is 14.5 Å². The highest BCUT2D eigenvalue weighted by Crippen LogP contribution is 2.07. The zero-order valence-corrected chi connectivity index (χ0v) is 13.3. The van der Waals surface area contributed by atoms with E-state index in [2.05, 4.69) is 5.32 Å². The number of nitrogens with zero attached hydrogens (tertiary/aromatic N) is 2. The van der Waals surface area contributed by atoms with Crippen LogP contribution in [-0.2, 0) is 14.3 Å². The van der Waals surface area contributed by atoms with Crippen molar-refractivity contribution in [1.29, 1.82) is 0 Å². The van der Waals surface area contributed by atoms with Crippen LogP contribution in [0.15, 0.2) is 0 Å². The van der Waals surface area contributed by atoms with Crippen molar-refractivity contribution in [1.82, 2.24) is 15.1 Å². The lowest BCUT2D eigenvalue weighted by Gasteiger charge is -2.36. The Morgan fingerprint density at radius 3 is 2.38 bits per heavy atom. The normalized spacial score (nSPS) is 17.9. The second-order valence-corrected chi connectivity index (χ2v) is 5.71. The number of nitrogens with one attached hydrogen (secondary N) is 1. The Labute approximate surface area is 126 Å². The molecule has 3 N–H and O–H groups in total. The molecule has 0 aromatic heterocycles. The van der Waals surface area contributed by atoms with Crippen molar-refractivity contribution in [2.24, 2.45) is 11.7 Å². The van der Waals surface area contributed by atoms with E-state index < -0.39 is 6.04 Å². The number of piperazine rings is 1. The molecule has 7 nitrogen and oxygen atoms in total. The monoisotopic (exact) mass is 300 g/mol. The second-order valence-electron chi connectivity index (χ2n) is 5.71. The number of nitrogens with two attached hydrogens (primary N) is 1. The molecule has 0 aromatic carbocycles. The number of carbonyl (C=O) groups excluding carboxylic acids is 2. The fourth-order valence-electron chi connectivity index (χ4n) is 2.17. The molecule has 1 fully saturated rings. The van der Waals surface area contributed by atoms with Crippen LogP contribution < -0.4 is 11.1 Å². The molecule has 1 heterocycles. The van der Waals surface area contributed by atoms with E-state index in [-0.39, 0.29) is 17.7 Å². The molecule has 1 saturated heterocycles. The summed E-state index contributed by atoms with van der Waals surface area (Å²) in [6.45, 7) is 7.96. The predicted molar refractivity (Wildman–Crippen MR) is 80.7 cm³/mol. The molecule has 1 atom stereocenters. The molecule has 0 radical (unpaired) electrons. The van der Waals surface area contributed by atoms with Gasteiger partial charge in [0.25, 0.3) is 0 Å². The van der Waals surface area contributed by atoms with Crippen molar-refractivity contribution in [2.75, 3.05) is 53.0 Å². The zero-order valence-electron chi connectivity index (χ0n) is 13.3. The molecule has 1 aliphatic heterocycles. The maximum atomic E-state index is 12.1. The number of ether oxygens (including phenoxy) is 1. The topological polar surface area (TPSA) is 87.9 Å². The van der Waals surface area contributed by atoms with Gasteiger partial charge in [-0.1, -0.05) is 13.8 Å². The van der Waals surface area contributed by atoms with Gasteiger partial charge < -0.3 is 20.7 Å². The Bertz CT molecular complexity index is 341. The van der Waals surface area contributed by atoms with Gasteiger partial charge in [0.15, 0.2) is 0 Å². The summed E-state index contributed by atoms with van der Waals surface area (Å²) < 4.78 is 4.88. The highest BCUT2D eigenvalue weighted by Gasteiger charge is 2.27. The van der Waals surface area contributed by atoms with Crippen LogP contribution >= 0.6 is 0 Å². The van der Waals surface area contributed by atoms with Gasteiger partial charge in [-0.2, -0.15) is 0 Å². The average molecular weight is 300 g/mol. The first-order valence-electron chi connectivity index (χ1n) is 7.48. The Morgan fingerprint density at radius 1 is 1.24 bits per heavy atom. The van der Waals surface area contributed by atoms with Gasteiger partial charge in [0.05, 0.1) is 19.2 Å². The van der Waals surface area contributed by atoms with Gasteiger partial charge in [0.1, 0.15) is 0 Å². The molecule has 2 amide bonds. The molecule has 0 saturated carbocycles. The molecule has 0 unspecified atom stereocenters. The molecule has 0 bridgehead atoms. The lowest BCUT2D eigenvalue weighted by Crippen LogP contribution is -2.55. The molecule has 1 rings (SSSR count). The standard InChI is InChI=1S/C14H28N4O3/c1-11(2)13(15)14(20)18-7-5-17(6-8-18)10-12(19)16-4-9-21-3/h11,13H,4-10,15H2,1-3H3,(H,16,19)/t13-/m0/s1. The third-order valence-corrected chi connectivity index (χ3v) is 3.68. The van der Waals surface area contributed by atoms with Crippen LogP contribution in [0.5, 0.6) is 0 Å². The molecule has 122 valence electrons. The van der Waals surface area contributed by atoms with Crippen LogP contribution in [0.2, 0.25) is 0 Å². The van der Waals surface area contributed by atoms with Crippen LogP contribution in [-0.4, -0.2) is 80.6 Å². The van der Waals surface area contributed by atoms with Gasteiger partial charge in [0.2, 0.25) is 11.8 Å². The smallest absolute Gasteiger partial charge is 0.239 e. The lowest BCUT2D eigenvalue weighted by molar-refractivity contribution is -0.135. The highest BCUT2D eigenvalue weighted by molar-refractivity contribution is 5.82. The van der Waals surface area contributed by atoms with Crippen LogP contribution in [0.4, 0.5) is 0 Å². The van der Waals surface area contributed by atoms with E-state index in [9.17, 15) is 9.59 Å².